The van der Waals surface area contributed by atoms with Crippen LogP contribution in [0.5, 0.6) is 0 Å². The Hall–Kier alpha value is -2.35. The molecule has 136 valence electrons. The molecule has 0 radical (unpaired) electrons. The van der Waals surface area contributed by atoms with Gasteiger partial charge in [-0.15, -0.1) is 0 Å². The first kappa shape index (κ1) is 17.5. The summed E-state index contributed by atoms with van der Waals surface area (Å²) in [4.78, 5) is 8.63. The van der Waals surface area contributed by atoms with E-state index < -0.39 is 0 Å². The van der Waals surface area contributed by atoms with Crippen molar-refractivity contribution in [2.45, 2.75) is 25.7 Å². The summed E-state index contributed by atoms with van der Waals surface area (Å²) < 4.78 is 10.9. The van der Waals surface area contributed by atoms with Crippen LogP contribution in [0.25, 0.3) is 11.6 Å². The molecule has 0 saturated heterocycles. The second kappa shape index (κ2) is 9.22. The van der Waals surface area contributed by atoms with Crippen LogP contribution in [0, 0.1) is 5.92 Å². The van der Waals surface area contributed by atoms with Crippen molar-refractivity contribution >= 4 is 5.96 Å². The maximum Gasteiger partial charge on any atom is 0.216 e. The van der Waals surface area contributed by atoms with Crippen LogP contribution in [0.4, 0.5) is 0 Å². The van der Waals surface area contributed by atoms with Crippen molar-refractivity contribution in [1.82, 2.24) is 25.8 Å². The van der Waals surface area contributed by atoms with Gasteiger partial charge in [-0.2, -0.15) is 5.10 Å². The lowest BCUT2D eigenvalue weighted by atomic mass is 10.4. The number of hydrogen-bond acceptors (Lipinski definition) is 5. The Morgan fingerprint density at radius 1 is 1.40 bits per heavy atom. The Labute approximate surface area is 147 Å². The molecular weight excluding hydrogens is 320 g/mol. The molecule has 3 N–H and O–H groups in total. The summed E-state index contributed by atoms with van der Waals surface area (Å²) in [6, 6.07) is 3.66. The van der Waals surface area contributed by atoms with E-state index in [1.807, 2.05) is 12.1 Å². The summed E-state index contributed by atoms with van der Waals surface area (Å²) in [5, 5.41) is 13.6. The maximum absolute atomic E-state index is 5.62. The Morgan fingerprint density at radius 2 is 2.28 bits per heavy atom. The van der Waals surface area contributed by atoms with Gasteiger partial charge in [0.05, 0.1) is 6.26 Å². The highest BCUT2D eigenvalue weighted by Crippen LogP contribution is 2.28. The largest absolute Gasteiger partial charge is 0.461 e. The molecule has 2 aromatic heterocycles. The van der Waals surface area contributed by atoms with E-state index in [2.05, 4.69) is 30.8 Å². The third-order valence-electron chi connectivity index (χ3n) is 3.96. The number of aromatic amines is 1. The number of ether oxygens (including phenoxy) is 1. The molecule has 1 fully saturated rings. The van der Waals surface area contributed by atoms with E-state index in [0.29, 0.717) is 18.1 Å². The molecule has 1 aliphatic carbocycles. The Kier molecular flexibility index (Phi) is 6.44. The van der Waals surface area contributed by atoms with Crippen LogP contribution >= 0.6 is 0 Å². The predicted molar refractivity (Wildman–Crippen MR) is 95.3 cm³/mol. The smallest absolute Gasteiger partial charge is 0.216 e. The predicted octanol–water partition coefficient (Wildman–Crippen LogP) is 1.59. The third kappa shape index (κ3) is 5.90. The molecular formula is C17H26N6O2. The molecule has 1 aliphatic rings. The minimum absolute atomic E-state index is 0.578. The first-order chi connectivity index (χ1) is 12.3. The van der Waals surface area contributed by atoms with Crippen LogP contribution in [0.15, 0.2) is 27.8 Å². The average Bonchev–Trinajstić information content (AvgIpc) is 3.10. The zero-order chi connectivity index (χ0) is 17.3. The molecule has 0 unspecified atom stereocenters. The number of guanidine groups is 1. The van der Waals surface area contributed by atoms with Gasteiger partial charge in [-0.05, 0) is 37.3 Å². The lowest BCUT2D eigenvalue weighted by molar-refractivity contribution is 0.123. The van der Waals surface area contributed by atoms with Gasteiger partial charge in [0.15, 0.2) is 11.7 Å². The molecule has 0 aromatic carbocycles. The van der Waals surface area contributed by atoms with Crippen LogP contribution in [-0.2, 0) is 11.2 Å². The zero-order valence-electron chi connectivity index (χ0n) is 14.6. The maximum atomic E-state index is 5.62. The molecule has 8 heteroatoms. The standard InChI is InChI=1S/C17H26N6O2/c1-18-17(19-8-3-10-24-12-13-5-6-13)20-9-7-15-21-16(23-22-15)14-4-2-11-25-14/h2,4,11,13H,3,5-10,12H2,1H3,(H2,18,19,20)(H,21,22,23). The summed E-state index contributed by atoms with van der Waals surface area (Å²) in [5.41, 5.74) is 0. The summed E-state index contributed by atoms with van der Waals surface area (Å²) in [6.07, 6.45) is 5.98. The molecule has 0 amide bonds. The Bertz CT molecular complexity index is 648. The van der Waals surface area contributed by atoms with E-state index in [1.165, 1.54) is 12.8 Å². The fraction of sp³-hybridized carbons (Fsp3) is 0.588. The number of nitrogens with one attached hydrogen (secondary N) is 3. The second-order valence-corrected chi connectivity index (χ2v) is 6.13. The number of H-pyrrole nitrogens is 1. The molecule has 25 heavy (non-hydrogen) atoms. The zero-order valence-corrected chi connectivity index (χ0v) is 14.6. The van der Waals surface area contributed by atoms with Crippen LogP contribution in [0.3, 0.4) is 0 Å². The summed E-state index contributed by atoms with van der Waals surface area (Å²) in [7, 11) is 1.77. The Morgan fingerprint density at radius 3 is 3.04 bits per heavy atom. The van der Waals surface area contributed by atoms with Crippen molar-refractivity contribution < 1.29 is 9.15 Å². The van der Waals surface area contributed by atoms with Crippen molar-refractivity contribution in [2.75, 3.05) is 33.4 Å². The molecule has 2 aromatic rings. The highest BCUT2D eigenvalue weighted by atomic mass is 16.5. The molecule has 1 saturated carbocycles. The summed E-state index contributed by atoms with van der Waals surface area (Å²) in [5.74, 6) is 3.66. The highest BCUT2D eigenvalue weighted by molar-refractivity contribution is 5.79. The number of furan rings is 1. The van der Waals surface area contributed by atoms with E-state index in [9.17, 15) is 0 Å². The normalized spacial score (nSPS) is 14.7. The quantitative estimate of drug-likeness (QED) is 0.343. The van der Waals surface area contributed by atoms with Gasteiger partial charge in [0, 0.05) is 39.8 Å². The van der Waals surface area contributed by atoms with Crippen molar-refractivity contribution in [2.24, 2.45) is 10.9 Å². The topological polar surface area (TPSA) is 100 Å². The van der Waals surface area contributed by atoms with Crippen molar-refractivity contribution in [3.05, 3.63) is 24.2 Å². The average molecular weight is 346 g/mol. The fourth-order valence-corrected chi connectivity index (χ4v) is 2.36. The molecule has 2 heterocycles. The molecule has 0 spiro atoms. The van der Waals surface area contributed by atoms with Gasteiger partial charge in [0.1, 0.15) is 5.82 Å². The van der Waals surface area contributed by atoms with Crippen molar-refractivity contribution in [3.63, 3.8) is 0 Å². The summed E-state index contributed by atoms with van der Waals surface area (Å²) in [6.45, 7) is 3.28. The van der Waals surface area contributed by atoms with Crippen LogP contribution in [0.2, 0.25) is 0 Å². The van der Waals surface area contributed by atoms with Crippen LogP contribution in [0.1, 0.15) is 25.1 Å². The van der Waals surface area contributed by atoms with Crippen LogP contribution in [-0.4, -0.2) is 54.5 Å². The third-order valence-corrected chi connectivity index (χ3v) is 3.96. The van der Waals surface area contributed by atoms with Gasteiger partial charge in [-0.1, -0.05) is 0 Å². The molecule has 8 nitrogen and oxygen atoms in total. The lowest BCUT2D eigenvalue weighted by Crippen LogP contribution is -2.39. The Balaban J connectivity index is 1.28. The molecule has 0 aliphatic heterocycles. The van der Waals surface area contributed by atoms with E-state index in [1.54, 1.807) is 13.3 Å². The lowest BCUT2D eigenvalue weighted by Gasteiger charge is -2.11. The fourth-order valence-electron chi connectivity index (χ4n) is 2.36. The van der Waals surface area contributed by atoms with Gasteiger partial charge < -0.3 is 19.8 Å². The number of aliphatic imine (C=N–C) groups is 1. The van der Waals surface area contributed by atoms with E-state index >= 15 is 0 Å². The minimum atomic E-state index is 0.578. The van der Waals surface area contributed by atoms with Gasteiger partial charge in [0.25, 0.3) is 0 Å². The van der Waals surface area contributed by atoms with Gasteiger partial charge in [-0.25, -0.2) is 4.98 Å². The van der Waals surface area contributed by atoms with Crippen molar-refractivity contribution in [1.29, 1.82) is 0 Å². The number of rotatable bonds is 10. The number of hydrogen-bond donors (Lipinski definition) is 3. The number of aromatic nitrogens is 3. The summed E-state index contributed by atoms with van der Waals surface area (Å²) >= 11 is 0. The van der Waals surface area contributed by atoms with E-state index in [4.69, 9.17) is 9.15 Å². The second-order valence-electron chi connectivity index (χ2n) is 6.13. The first-order valence-corrected chi connectivity index (χ1v) is 8.82. The van der Waals surface area contributed by atoms with Gasteiger partial charge in [0.2, 0.25) is 5.82 Å². The minimum Gasteiger partial charge on any atom is -0.461 e. The van der Waals surface area contributed by atoms with Gasteiger partial charge >= 0.3 is 0 Å². The molecule has 0 bridgehead atoms. The highest BCUT2D eigenvalue weighted by Gasteiger charge is 2.20. The van der Waals surface area contributed by atoms with Crippen molar-refractivity contribution in [3.8, 4) is 11.6 Å². The van der Waals surface area contributed by atoms with Gasteiger partial charge in [-0.3, -0.25) is 10.1 Å². The molecule has 3 rings (SSSR count). The number of nitrogens with zero attached hydrogens (tertiary/aromatic N) is 3. The van der Waals surface area contributed by atoms with E-state index in [0.717, 1.165) is 50.3 Å². The SMILES string of the molecule is CN=C(NCCCOCC1CC1)NCCc1nc(-c2ccco2)n[nH]1. The van der Waals surface area contributed by atoms with Crippen LogP contribution < -0.4 is 10.6 Å². The van der Waals surface area contributed by atoms with E-state index in [-0.39, 0.29) is 0 Å². The monoisotopic (exact) mass is 346 g/mol. The molecule has 0 atom stereocenters. The first-order valence-electron chi connectivity index (χ1n) is 8.82.